The van der Waals surface area contributed by atoms with Crippen LogP contribution in [-0.4, -0.2) is 10.7 Å². The van der Waals surface area contributed by atoms with E-state index in [9.17, 15) is 0 Å². The first-order chi connectivity index (χ1) is 8.61. The minimum atomic E-state index is 0.573. The van der Waals surface area contributed by atoms with Crippen molar-refractivity contribution in [1.82, 2.24) is 4.98 Å². The third kappa shape index (κ3) is 2.80. The minimum absolute atomic E-state index is 0.573. The van der Waals surface area contributed by atoms with Crippen molar-refractivity contribution in [3.63, 3.8) is 0 Å². The maximum atomic E-state index is 4.60. The fraction of sp³-hybridized carbons (Fsp3) is 0.562. The van der Waals surface area contributed by atoms with Gasteiger partial charge in [0.05, 0.1) is 5.69 Å². The van der Waals surface area contributed by atoms with E-state index in [-0.39, 0.29) is 0 Å². The van der Waals surface area contributed by atoms with Gasteiger partial charge in [0.1, 0.15) is 0 Å². The second-order valence-corrected chi connectivity index (χ2v) is 6.68. The van der Waals surface area contributed by atoms with E-state index in [2.05, 4.69) is 50.2 Å². The molecular weight excluding hydrogens is 238 g/mol. The molecule has 2 rings (SSSR count). The van der Waals surface area contributed by atoms with Gasteiger partial charge >= 0.3 is 0 Å². The second kappa shape index (κ2) is 5.92. The first-order valence-electron chi connectivity index (χ1n) is 6.88. The summed E-state index contributed by atoms with van der Waals surface area (Å²) in [7, 11) is 0. The molecule has 1 nitrogen and oxygen atoms in total. The number of hydrogen-bond acceptors (Lipinski definition) is 2. The number of thioether (sulfide) groups is 1. The number of nitrogens with zero attached hydrogens (tertiary/aromatic N) is 1. The third-order valence-corrected chi connectivity index (χ3v) is 4.52. The zero-order chi connectivity index (χ0) is 13.1. The molecule has 1 atom stereocenters. The Labute approximate surface area is 115 Å². The van der Waals surface area contributed by atoms with Gasteiger partial charge in [-0.2, -0.15) is 0 Å². The van der Waals surface area contributed by atoms with Crippen molar-refractivity contribution >= 4 is 17.8 Å². The molecule has 2 heterocycles. The summed E-state index contributed by atoms with van der Waals surface area (Å²) in [6, 6.07) is 2.21. The molecule has 0 aromatic carbocycles. The molecule has 0 spiro atoms. The van der Waals surface area contributed by atoms with Gasteiger partial charge in [0.25, 0.3) is 0 Å². The number of rotatable bonds is 2. The first kappa shape index (κ1) is 13.7. The van der Waals surface area contributed by atoms with Crippen molar-refractivity contribution in [3.05, 3.63) is 34.5 Å². The summed E-state index contributed by atoms with van der Waals surface area (Å²) in [4.78, 5) is 4.60. The molecule has 1 unspecified atom stereocenters. The van der Waals surface area contributed by atoms with Crippen LogP contribution in [0.4, 0.5) is 0 Å². The summed E-state index contributed by atoms with van der Waals surface area (Å²) in [5.41, 5.74) is 4.17. The predicted molar refractivity (Wildman–Crippen MR) is 82.0 cm³/mol. The van der Waals surface area contributed by atoms with E-state index in [0.717, 1.165) is 0 Å². The lowest BCUT2D eigenvalue weighted by Gasteiger charge is -2.27. The molecule has 0 amide bonds. The van der Waals surface area contributed by atoms with Gasteiger partial charge in [-0.15, -0.1) is 11.8 Å². The predicted octanol–water partition coefficient (Wildman–Crippen LogP) is 5.05. The molecule has 1 aromatic heterocycles. The fourth-order valence-electron chi connectivity index (χ4n) is 2.73. The molecule has 0 saturated carbocycles. The second-order valence-electron chi connectivity index (χ2n) is 5.67. The normalized spacial score (nSPS) is 19.8. The topological polar surface area (TPSA) is 12.9 Å². The van der Waals surface area contributed by atoms with Gasteiger partial charge in [-0.05, 0) is 58.6 Å². The van der Waals surface area contributed by atoms with Crippen LogP contribution in [0.3, 0.4) is 0 Å². The van der Waals surface area contributed by atoms with Crippen molar-refractivity contribution in [2.45, 2.75) is 46.0 Å². The SMILES string of the molecule is CC(C)c1ccnc2c1C(C(C)C)CCSC=C2. The van der Waals surface area contributed by atoms with Gasteiger partial charge in [-0.25, -0.2) is 0 Å². The fourth-order valence-corrected chi connectivity index (χ4v) is 3.48. The van der Waals surface area contributed by atoms with Gasteiger partial charge in [0.2, 0.25) is 0 Å². The number of fused-ring (bicyclic) bond motifs is 1. The molecule has 98 valence electrons. The molecule has 1 aliphatic rings. The van der Waals surface area contributed by atoms with Gasteiger partial charge in [-0.3, -0.25) is 4.98 Å². The van der Waals surface area contributed by atoms with Crippen LogP contribution in [0.25, 0.3) is 6.08 Å². The van der Waals surface area contributed by atoms with E-state index in [1.807, 2.05) is 18.0 Å². The van der Waals surface area contributed by atoms with Crippen molar-refractivity contribution in [2.75, 3.05) is 5.75 Å². The van der Waals surface area contributed by atoms with E-state index in [1.165, 1.54) is 29.0 Å². The van der Waals surface area contributed by atoms with E-state index in [4.69, 9.17) is 0 Å². The molecule has 1 aromatic rings. The summed E-state index contributed by atoms with van der Waals surface area (Å²) < 4.78 is 0. The Hall–Kier alpha value is -0.760. The lowest BCUT2D eigenvalue weighted by Crippen LogP contribution is -2.14. The first-order valence-corrected chi connectivity index (χ1v) is 7.93. The highest BCUT2D eigenvalue weighted by Crippen LogP contribution is 2.38. The molecule has 0 bridgehead atoms. The Morgan fingerprint density at radius 3 is 2.72 bits per heavy atom. The third-order valence-electron chi connectivity index (χ3n) is 3.72. The molecule has 0 saturated heterocycles. The molecule has 0 fully saturated rings. The Morgan fingerprint density at radius 1 is 1.28 bits per heavy atom. The number of aromatic nitrogens is 1. The van der Waals surface area contributed by atoms with E-state index >= 15 is 0 Å². The summed E-state index contributed by atoms with van der Waals surface area (Å²) in [5, 5.41) is 2.20. The Bertz CT molecular complexity index is 435. The van der Waals surface area contributed by atoms with E-state index in [0.29, 0.717) is 17.8 Å². The highest BCUT2D eigenvalue weighted by molar-refractivity contribution is 8.02. The number of pyridine rings is 1. The molecule has 0 N–H and O–H groups in total. The van der Waals surface area contributed by atoms with Crippen LogP contribution in [0.2, 0.25) is 0 Å². The lowest BCUT2D eigenvalue weighted by atomic mass is 9.80. The maximum Gasteiger partial charge on any atom is 0.0672 e. The molecule has 0 aliphatic carbocycles. The average Bonchev–Trinajstić information content (AvgIpc) is 2.28. The van der Waals surface area contributed by atoms with Gasteiger partial charge in [0.15, 0.2) is 0 Å². The molecule has 0 radical (unpaired) electrons. The highest BCUT2D eigenvalue weighted by Gasteiger charge is 2.23. The molecule has 2 heteroatoms. The van der Waals surface area contributed by atoms with Crippen molar-refractivity contribution in [2.24, 2.45) is 5.92 Å². The summed E-state index contributed by atoms with van der Waals surface area (Å²) in [6.45, 7) is 9.23. The van der Waals surface area contributed by atoms with E-state index in [1.54, 1.807) is 0 Å². The Kier molecular flexibility index (Phi) is 4.50. The van der Waals surface area contributed by atoms with Crippen LogP contribution >= 0.6 is 11.8 Å². The molecular formula is C16H23NS. The molecule has 1 aliphatic heterocycles. The standard InChI is InChI=1S/C16H23NS/c1-11(2)13-5-8-17-15-7-10-18-9-6-14(12(3)4)16(13)15/h5,7-8,10-12,14H,6,9H2,1-4H3. The summed E-state index contributed by atoms with van der Waals surface area (Å²) in [5.74, 6) is 3.11. The largest absolute Gasteiger partial charge is 0.257 e. The van der Waals surface area contributed by atoms with Gasteiger partial charge in [0, 0.05) is 6.20 Å². The zero-order valence-electron chi connectivity index (χ0n) is 11.8. The van der Waals surface area contributed by atoms with Crippen LogP contribution in [-0.2, 0) is 0 Å². The smallest absolute Gasteiger partial charge is 0.0672 e. The Balaban J connectivity index is 2.58. The molecule has 18 heavy (non-hydrogen) atoms. The van der Waals surface area contributed by atoms with Crippen LogP contribution in [0, 0.1) is 5.92 Å². The van der Waals surface area contributed by atoms with Crippen LogP contribution in [0.1, 0.15) is 62.8 Å². The van der Waals surface area contributed by atoms with Crippen LogP contribution < -0.4 is 0 Å². The lowest BCUT2D eigenvalue weighted by molar-refractivity contribution is 0.481. The van der Waals surface area contributed by atoms with Gasteiger partial charge < -0.3 is 0 Å². The van der Waals surface area contributed by atoms with Crippen molar-refractivity contribution in [1.29, 1.82) is 0 Å². The summed E-state index contributed by atoms with van der Waals surface area (Å²) in [6.07, 6.45) is 5.41. The van der Waals surface area contributed by atoms with Crippen molar-refractivity contribution < 1.29 is 0 Å². The average molecular weight is 261 g/mol. The van der Waals surface area contributed by atoms with E-state index < -0.39 is 0 Å². The van der Waals surface area contributed by atoms with Crippen LogP contribution in [0.15, 0.2) is 17.7 Å². The summed E-state index contributed by atoms with van der Waals surface area (Å²) >= 11 is 1.91. The Morgan fingerprint density at radius 2 is 2.06 bits per heavy atom. The van der Waals surface area contributed by atoms with Crippen LogP contribution in [0.5, 0.6) is 0 Å². The maximum absolute atomic E-state index is 4.60. The van der Waals surface area contributed by atoms with Gasteiger partial charge in [-0.1, -0.05) is 27.7 Å². The minimum Gasteiger partial charge on any atom is -0.257 e. The number of hydrogen-bond donors (Lipinski definition) is 0. The van der Waals surface area contributed by atoms with Crippen molar-refractivity contribution in [3.8, 4) is 0 Å². The monoisotopic (exact) mass is 261 g/mol. The quantitative estimate of drug-likeness (QED) is 0.738. The highest BCUT2D eigenvalue weighted by atomic mass is 32.2. The zero-order valence-corrected chi connectivity index (χ0v) is 12.6.